The largest absolute Gasteiger partial charge is 0.398 e. The van der Waals surface area contributed by atoms with E-state index in [9.17, 15) is 8.42 Å². The molecule has 0 atom stereocenters. The molecule has 0 spiro atoms. The monoisotopic (exact) mass is 276 g/mol. The topological polar surface area (TPSA) is 72.2 Å². The lowest BCUT2D eigenvalue weighted by Gasteiger charge is -2.11. The van der Waals surface area contributed by atoms with Crippen LogP contribution in [0.3, 0.4) is 0 Å². The molecule has 0 saturated heterocycles. The Morgan fingerprint density at radius 1 is 1.41 bits per heavy atom. The van der Waals surface area contributed by atoms with E-state index in [-0.39, 0.29) is 4.90 Å². The molecular weight excluding hydrogens is 260 g/mol. The molecule has 0 aromatic heterocycles. The molecule has 3 N–H and O–H groups in total. The Bertz CT molecular complexity index is 500. The van der Waals surface area contributed by atoms with E-state index in [2.05, 4.69) is 4.72 Å². The van der Waals surface area contributed by atoms with E-state index in [1.165, 1.54) is 6.07 Å². The van der Waals surface area contributed by atoms with Gasteiger partial charge < -0.3 is 5.73 Å². The molecule has 0 saturated carbocycles. The molecule has 0 unspecified atom stereocenters. The van der Waals surface area contributed by atoms with Gasteiger partial charge in [0.15, 0.2) is 0 Å². The standard InChI is InChI=1S/C11H17ClN2O2S/c1-3-4-5-14-17(15,16)11-7-9(12)6-10(13)8(11)2/h6-7,14H,3-5,13H2,1-2H3. The Morgan fingerprint density at radius 2 is 2.06 bits per heavy atom. The van der Waals surface area contributed by atoms with Gasteiger partial charge in [-0.2, -0.15) is 0 Å². The minimum absolute atomic E-state index is 0.151. The van der Waals surface area contributed by atoms with E-state index in [1.807, 2.05) is 6.92 Å². The molecular formula is C11H17ClN2O2S. The average Bonchev–Trinajstić information content (AvgIpc) is 2.23. The number of nitrogen functional groups attached to an aromatic ring is 1. The fraction of sp³-hybridized carbons (Fsp3) is 0.455. The second-order valence-electron chi connectivity index (χ2n) is 3.87. The number of unbranched alkanes of at least 4 members (excludes halogenated alkanes) is 1. The van der Waals surface area contributed by atoms with Gasteiger partial charge in [-0.3, -0.25) is 0 Å². The molecule has 0 aliphatic heterocycles. The second-order valence-corrected chi connectivity index (χ2v) is 6.04. The van der Waals surface area contributed by atoms with Gasteiger partial charge in [-0.05, 0) is 31.0 Å². The first-order chi connectivity index (χ1) is 7.88. The van der Waals surface area contributed by atoms with Crippen LogP contribution in [-0.2, 0) is 10.0 Å². The van der Waals surface area contributed by atoms with E-state index >= 15 is 0 Å². The first-order valence-corrected chi connectivity index (χ1v) is 7.30. The van der Waals surface area contributed by atoms with Crippen LogP contribution in [0.4, 0.5) is 5.69 Å². The Hall–Kier alpha value is -0.780. The van der Waals surface area contributed by atoms with Crippen LogP contribution in [0.2, 0.25) is 5.02 Å². The number of rotatable bonds is 5. The molecule has 96 valence electrons. The molecule has 0 radical (unpaired) electrons. The summed E-state index contributed by atoms with van der Waals surface area (Å²) in [6.07, 6.45) is 1.73. The normalized spacial score (nSPS) is 11.7. The molecule has 0 aliphatic rings. The molecule has 0 fully saturated rings. The Morgan fingerprint density at radius 3 is 2.65 bits per heavy atom. The Balaban J connectivity index is 3.06. The van der Waals surface area contributed by atoms with Crippen LogP contribution >= 0.6 is 11.6 Å². The maximum Gasteiger partial charge on any atom is 0.240 e. The van der Waals surface area contributed by atoms with Gasteiger partial charge in [0.2, 0.25) is 10.0 Å². The van der Waals surface area contributed by atoms with Gasteiger partial charge in [-0.25, -0.2) is 13.1 Å². The van der Waals surface area contributed by atoms with E-state index in [0.717, 1.165) is 12.8 Å². The van der Waals surface area contributed by atoms with E-state index in [4.69, 9.17) is 17.3 Å². The zero-order valence-corrected chi connectivity index (χ0v) is 11.5. The van der Waals surface area contributed by atoms with E-state index in [1.54, 1.807) is 13.0 Å². The van der Waals surface area contributed by atoms with Crippen LogP contribution in [0, 0.1) is 6.92 Å². The minimum Gasteiger partial charge on any atom is -0.398 e. The number of anilines is 1. The van der Waals surface area contributed by atoms with Gasteiger partial charge >= 0.3 is 0 Å². The molecule has 17 heavy (non-hydrogen) atoms. The van der Waals surface area contributed by atoms with Crippen molar-refractivity contribution in [3.05, 3.63) is 22.7 Å². The first-order valence-electron chi connectivity index (χ1n) is 5.43. The lowest BCUT2D eigenvalue weighted by molar-refractivity contribution is 0.578. The molecule has 1 aromatic rings. The minimum atomic E-state index is -3.52. The smallest absolute Gasteiger partial charge is 0.240 e. The Labute approximate surface area is 107 Å². The number of nitrogens with two attached hydrogens (primary N) is 1. The summed E-state index contributed by atoms with van der Waals surface area (Å²) in [6, 6.07) is 2.96. The molecule has 1 rings (SSSR count). The van der Waals surface area contributed by atoms with Crippen molar-refractivity contribution in [3.8, 4) is 0 Å². The van der Waals surface area contributed by atoms with Crippen molar-refractivity contribution in [2.75, 3.05) is 12.3 Å². The van der Waals surface area contributed by atoms with Crippen molar-refractivity contribution in [1.82, 2.24) is 4.72 Å². The maximum atomic E-state index is 12.0. The molecule has 0 heterocycles. The molecule has 0 bridgehead atoms. The SMILES string of the molecule is CCCCNS(=O)(=O)c1cc(Cl)cc(N)c1C. The summed E-state index contributed by atoms with van der Waals surface area (Å²) in [5.41, 5.74) is 6.61. The van der Waals surface area contributed by atoms with Crippen molar-refractivity contribution >= 4 is 27.3 Å². The molecule has 1 aromatic carbocycles. The molecule has 0 aliphatic carbocycles. The van der Waals surface area contributed by atoms with Crippen LogP contribution in [0.25, 0.3) is 0 Å². The van der Waals surface area contributed by atoms with Crippen molar-refractivity contribution in [2.24, 2.45) is 0 Å². The van der Waals surface area contributed by atoms with E-state index < -0.39 is 10.0 Å². The fourth-order valence-corrected chi connectivity index (χ4v) is 3.08. The highest BCUT2D eigenvalue weighted by Gasteiger charge is 2.18. The summed E-state index contributed by atoms with van der Waals surface area (Å²) in [5.74, 6) is 0. The third-order valence-corrected chi connectivity index (χ3v) is 4.28. The number of hydrogen-bond acceptors (Lipinski definition) is 3. The summed E-state index contributed by atoms with van der Waals surface area (Å²) in [5, 5.41) is 0.323. The number of sulfonamides is 1. The third-order valence-electron chi connectivity index (χ3n) is 2.48. The van der Waals surface area contributed by atoms with Crippen LogP contribution < -0.4 is 10.5 Å². The summed E-state index contributed by atoms with van der Waals surface area (Å²) in [7, 11) is -3.52. The summed E-state index contributed by atoms with van der Waals surface area (Å²) >= 11 is 5.82. The van der Waals surface area contributed by atoms with Gasteiger partial charge in [0.05, 0.1) is 4.90 Å². The van der Waals surface area contributed by atoms with Crippen molar-refractivity contribution in [2.45, 2.75) is 31.6 Å². The van der Waals surface area contributed by atoms with Crippen molar-refractivity contribution in [3.63, 3.8) is 0 Å². The highest BCUT2D eigenvalue weighted by atomic mass is 35.5. The zero-order chi connectivity index (χ0) is 13.1. The summed E-state index contributed by atoms with van der Waals surface area (Å²) in [4.78, 5) is 0.151. The molecule has 4 nitrogen and oxygen atoms in total. The van der Waals surface area contributed by atoms with Crippen molar-refractivity contribution in [1.29, 1.82) is 0 Å². The predicted octanol–water partition coefficient (Wildman–Crippen LogP) is 2.31. The number of benzene rings is 1. The second kappa shape index (κ2) is 5.71. The lowest BCUT2D eigenvalue weighted by atomic mass is 10.2. The quantitative estimate of drug-likeness (QED) is 0.640. The third kappa shape index (κ3) is 3.59. The summed E-state index contributed by atoms with van der Waals surface area (Å²) < 4.78 is 26.5. The predicted molar refractivity (Wildman–Crippen MR) is 70.7 cm³/mol. The van der Waals surface area contributed by atoms with Crippen molar-refractivity contribution < 1.29 is 8.42 Å². The number of hydrogen-bond donors (Lipinski definition) is 2. The summed E-state index contributed by atoms with van der Waals surface area (Å²) in [6.45, 7) is 4.08. The molecule has 6 heteroatoms. The van der Waals surface area contributed by atoms with Gasteiger partial charge in [-0.1, -0.05) is 24.9 Å². The highest BCUT2D eigenvalue weighted by molar-refractivity contribution is 7.89. The van der Waals surface area contributed by atoms with Gasteiger partial charge in [-0.15, -0.1) is 0 Å². The van der Waals surface area contributed by atoms with Crippen LogP contribution in [0.15, 0.2) is 17.0 Å². The first kappa shape index (κ1) is 14.3. The lowest BCUT2D eigenvalue weighted by Crippen LogP contribution is -2.25. The average molecular weight is 277 g/mol. The highest BCUT2D eigenvalue weighted by Crippen LogP contribution is 2.25. The Kier molecular flexibility index (Phi) is 4.80. The fourth-order valence-electron chi connectivity index (χ4n) is 1.41. The van der Waals surface area contributed by atoms with Gasteiger partial charge in [0.25, 0.3) is 0 Å². The number of halogens is 1. The van der Waals surface area contributed by atoms with Crippen LogP contribution in [-0.4, -0.2) is 15.0 Å². The van der Waals surface area contributed by atoms with Crippen LogP contribution in [0.1, 0.15) is 25.3 Å². The molecule has 0 amide bonds. The van der Waals surface area contributed by atoms with Gasteiger partial charge in [0.1, 0.15) is 0 Å². The van der Waals surface area contributed by atoms with Crippen LogP contribution in [0.5, 0.6) is 0 Å². The van der Waals surface area contributed by atoms with E-state index in [0.29, 0.717) is 22.8 Å². The zero-order valence-electron chi connectivity index (χ0n) is 9.96. The number of nitrogens with one attached hydrogen (secondary N) is 1. The van der Waals surface area contributed by atoms with Gasteiger partial charge in [0, 0.05) is 17.3 Å². The maximum absolute atomic E-state index is 12.0.